The van der Waals surface area contributed by atoms with E-state index in [0.29, 0.717) is 25.7 Å². The highest BCUT2D eigenvalue weighted by atomic mass is 16.4. The van der Waals surface area contributed by atoms with Gasteiger partial charge in [-0.05, 0) is 25.7 Å². The van der Waals surface area contributed by atoms with Crippen molar-refractivity contribution in [2.75, 3.05) is 6.54 Å². The molecule has 0 radical (unpaired) electrons. The van der Waals surface area contributed by atoms with Crippen LogP contribution in [-0.2, 0) is 9.59 Å². The predicted octanol–water partition coefficient (Wildman–Crippen LogP) is -0.541. The monoisotopic (exact) mass is 198 g/mol. The average molecular weight is 198 g/mol. The van der Waals surface area contributed by atoms with Crippen LogP contribution in [0.2, 0.25) is 0 Å². The minimum absolute atomic E-state index is 0.204. The molecule has 2 fully saturated rings. The van der Waals surface area contributed by atoms with Crippen LogP contribution in [0.25, 0.3) is 0 Å². The maximum Gasteiger partial charge on any atom is 0.311 e. The maximum atomic E-state index is 11.4. The third kappa shape index (κ3) is 1.48. The number of carbonyl (C=O) groups is 2. The molecular formula is C9H14N2O3. The second kappa shape index (κ2) is 2.70. The first-order chi connectivity index (χ1) is 6.49. The Balaban J connectivity index is 1.83. The van der Waals surface area contributed by atoms with Gasteiger partial charge in [0, 0.05) is 6.54 Å². The molecule has 0 spiro atoms. The summed E-state index contributed by atoms with van der Waals surface area (Å²) in [6, 6.07) is 0. The molecule has 2 rings (SSSR count). The van der Waals surface area contributed by atoms with Crippen molar-refractivity contribution in [3.05, 3.63) is 0 Å². The van der Waals surface area contributed by atoms with E-state index in [0.717, 1.165) is 0 Å². The van der Waals surface area contributed by atoms with Gasteiger partial charge in [-0.3, -0.25) is 9.59 Å². The van der Waals surface area contributed by atoms with Gasteiger partial charge in [0.05, 0.1) is 11.0 Å². The number of nitrogens with two attached hydrogens (primary N) is 1. The fourth-order valence-electron chi connectivity index (χ4n) is 1.40. The Morgan fingerprint density at radius 3 is 2.21 bits per heavy atom. The number of rotatable bonds is 4. The number of nitrogens with one attached hydrogen (secondary N) is 1. The van der Waals surface area contributed by atoms with Crippen LogP contribution in [0.1, 0.15) is 25.7 Å². The van der Waals surface area contributed by atoms with Gasteiger partial charge >= 0.3 is 5.97 Å². The fourth-order valence-corrected chi connectivity index (χ4v) is 1.40. The molecular weight excluding hydrogens is 184 g/mol. The molecule has 78 valence electrons. The summed E-state index contributed by atoms with van der Waals surface area (Å²) >= 11 is 0. The standard InChI is InChI=1S/C9H14N2O3/c10-9(3-4-9)6(12)11-5-8(1-2-8)7(13)14/h1-5,10H2,(H,11,12)(H,13,14). The molecule has 2 aliphatic rings. The van der Waals surface area contributed by atoms with Crippen molar-refractivity contribution in [3.63, 3.8) is 0 Å². The Labute approximate surface area is 81.7 Å². The first kappa shape index (κ1) is 9.45. The molecule has 5 nitrogen and oxygen atoms in total. The Hall–Kier alpha value is -1.10. The van der Waals surface area contributed by atoms with Gasteiger partial charge in [0.15, 0.2) is 0 Å². The molecule has 5 heteroatoms. The van der Waals surface area contributed by atoms with Gasteiger partial charge < -0.3 is 16.2 Å². The largest absolute Gasteiger partial charge is 0.481 e. The van der Waals surface area contributed by atoms with Crippen LogP contribution in [0.4, 0.5) is 0 Å². The van der Waals surface area contributed by atoms with E-state index in [1.165, 1.54) is 0 Å². The third-order valence-corrected chi connectivity index (χ3v) is 3.14. The number of hydrogen-bond donors (Lipinski definition) is 3. The number of amides is 1. The Morgan fingerprint density at radius 1 is 1.29 bits per heavy atom. The van der Waals surface area contributed by atoms with Crippen molar-refractivity contribution in [1.29, 1.82) is 0 Å². The molecule has 2 aliphatic carbocycles. The van der Waals surface area contributed by atoms with Gasteiger partial charge in [-0.2, -0.15) is 0 Å². The average Bonchev–Trinajstić information content (AvgIpc) is 2.97. The number of aliphatic carboxylic acids is 1. The van der Waals surface area contributed by atoms with Gasteiger partial charge in [0.25, 0.3) is 0 Å². The molecule has 0 unspecified atom stereocenters. The van der Waals surface area contributed by atoms with Crippen LogP contribution in [-0.4, -0.2) is 29.1 Å². The van der Waals surface area contributed by atoms with E-state index in [-0.39, 0.29) is 12.5 Å². The Kier molecular flexibility index (Phi) is 1.82. The van der Waals surface area contributed by atoms with Gasteiger partial charge in [-0.1, -0.05) is 0 Å². The second-order valence-corrected chi connectivity index (χ2v) is 4.42. The van der Waals surface area contributed by atoms with E-state index in [9.17, 15) is 9.59 Å². The Morgan fingerprint density at radius 2 is 1.86 bits per heavy atom. The van der Waals surface area contributed by atoms with E-state index in [4.69, 9.17) is 10.8 Å². The fraction of sp³-hybridized carbons (Fsp3) is 0.778. The summed E-state index contributed by atoms with van der Waals surface area (Å²) in [4.78, 5) is 22.2. The lowest BCUT2D eigenvalue weighted by atomic mass is 10.1. The quantitative estimate of drug-likeness (QED) is 0.565. The molecule has 0 bridgehead atoms. The summed E-state index contributed by atoms with van der Waals surface area (Å²) in [6.07, 6.45) is 2.72. The third-order valence-electron chi connectivity index (χ3n) is 3.14. The van der Waals surface area contributed by atoms with Crippen LogP contribution < -0.4 is 11.1 Å². The van der Waals surface area contributed by atoms with Crippen LogP contribution in [0.3, 0.4) is 0 Å². The summed E-state index contributed by atoms with van der Waals surface area (Å²) < 4.78 is 0. The molecule has 2 saturated carbocycles. The highest BCUT2D eigenvalue weighted by Crippen LogP contribution is 2.45. The lowest BCUT2D eigenvalue weighted by molar-refractivity contribution is -0.143. The van der Waals surface area contributed by atoms with Crippen molar-refractivity contribution in [2.24, 2.45) is 11.1 Å². The highest BCUT2D eigenvalue weighted by Gasteiger charge is 2.52. The first-order valence-corrected chi connectivity index (χ1v) is 4.79. The van der Waals surface area contributed by atoms with Gasteiger partial charge in [0.2, 0.25) is 5.91 Å². The van der Waals surface area contributed by atoms with Crippen LogP contribution in [0, 0.1) is 5.41 Å². The SMILES string of the molecule is NC1(C(=O)NCC2(C(=O)O)CC2)CC1. The number of carboxylic acids is 1. The molecule has 0 atom stereocenters. The van der Waals surface area contributed by atoms with E-state index < -0.39 is 16.9 Å². The van der Waals surface area contributed by atoms with E-state index >= 15 is 0 Å². The van der Waals surface area contributed by atoms with Crippen LogP contribution >= 0.6 is 0 Å². The van der Waals surface area contributed by atoms with E-state index in [1.807, 2.05) is 0 Å². The minimum atomic E-state index is -0.820. The lowest BCUT2D eigenvalue weighted by Crippen LogP contribution is -2.45. The number of hydrogen-bond acceptors (Lipinski definition) is 3. The van der Waals surface area contributed by atoms with Gasteiger partial charge in [-0.25, -0.2) is 0 Å². The maximum absolute atomic E-state index is 11.4. The number of carboxylic acid groups (broad SMARTS) is 1. The second-order valence-electron chi connectivity index (χ2n) is 4.42. The van der Waals surface area contributed by atoms with Crippen LogP contribution in [0.5, 0.6) is 0 Å². The zero-order chi connectivity index (χ0) is 10.4. The van der Waals surface area contributed by atoms with Gasteiger partial charge in [-0.15, -0.1) is 0 Å². The predicted molar refractivity (Wildman–Crippen MR) is 48.5 cm³/mol. The highest BCUT2D eigenvalue weighted by molar-refractivity contribution is 5.89. The topological polar surface area (TPSA) is 92.4 Å². The molecule has 14 heavy (non-hydrogen) atoms. The molecule has 4 N–H and O–H groups in total. The molecule has 0 heterocycles. The summed E-state index contributed by atoms with van der Waals surface area (Å²) in [5, 5.41) is 11.5. The molecule has 0 aromatic rings. The van der Waals surface area contributed by atoms with Crippen molar-refractivity contribution < 1.29 is 14.7 Å². The summed E-state index contributed by atoms with van der Waals surface area (Å²) in [5.41, 5.74) is 4.26. The molecule has 0 saturated heterocycles. The minimum Gasteiger partial charge on any atom is -0.481 e. The zero-order valence-corrected chi connectivity index (χ0v) is 7.88. The molecule has 0 aromatic heterocycles. The molecule has 1 amide bonds. The van der Waals surface area contributed by atoms with Crippen molar-refractivity contribution in [2.45, 2.75) is 31.2 Å². The molecule has 0 aliphatic heterocycles. The normalized spacial score (nSPS) is 25.2. The summed E-state index contributed by atoms with van der Waals surface area (Å²) in [6.45, 7) is 0.222. The summed E-state index contributed by atoms with van der Waals surface area (Å²) in [7, 11) is 0. The van der Waals surface area contributed by atoms with Crippen molar-refractivity contribution in [3.8, 4) is 0 Å². The lowest BCUT2D eigenvalue weighted by Gasteiger charge is -2.13. The first-order valence-electron chi connectivity index (χ1n) is 4.79. The van der Waals surface area contributed by atoms with Crippen molar-refractivity contribution >= 4 is 11.9 Å². The van der Waals surface area contributed by atoms with Crippen LogP contribution in [0.15, 0.2) is 0 Å². The van der Waals surface area contributed by atoms with E-state index in [1.54, 1.807) is 0 Å². The summed E-state index contributed by atoms with van der Waals surface area (Å²) in [5.74, 6) is -1.02. The van der Waals surface area contributed by atoms with Crippen molar-refractivity contribution in [1.82, 2.24) is 5.32 Å². The number of carbonyl (C=O) groups excluding carboxylic acids is 1. The van der Waals surface area contributed by atoms with Gasteiger partial charge in [0.1, 0.15) is 0 Å². The molecule has 0 aromatic carbocycles. The smallest absolute Gasteiger partial charge is 0.311 e. The zero-order valence-electron chi connectivity index (χ0n) is 7.88. The van der Waals surface area contributed by atoms with E-state index in [2.05, 4.69) is 5.32 Å². The Bertz CT molecular complexity index is 292.